The van der Waals surface area contributed by atoms with Crippen molar-refractivity contribution in [1.29, 1.82) is 5.26 Å². The Bertz CT molecular complexity index is 519. The quantitative estimate of drug-likeness (QED) is 0.840. The van der Waals surface area contributed by atoms with Gasteiger partial charge in [-0.3, -0.25) is 0 Å². The van der Waals surface area contributed by atoms with Crippen molar-refractivity contribution >= 4 is 11.7 Å². The SMILES string of the molecule is Cc1ccc(C#N)cc1NC(=O)N1CCCC(C)C1. The van der Waals surface area contributed by atoms with Gasteiger partial charge in [0.25, 0.3) is 0 Å². The molecule has 19 heavy (non-hydrogen) atoms. The number of amides is 2. The van der Waals surface area contributed by atoms with Crippen LogP contribution in [0.1, 0.15) is 30.9 Å². The van der Waals surface area contributed by atoms with E-state index in [1.807, 2.05) is 17.9 Å². The van der Waals surface area contributed by atoms with Crippen molar-refractivity contribution < 1.29 is 4.79 Å². The molecule has 1 aliphatic rings. The fraction of sp³-hybridized carbons (Fsp3) is 0.467. The van der Waals surface area contributed by atoms with Crippen molar-refractivity contribution in [2.45, 2.75) is 26.7 Å². The highest BCUT2D eigenvalue weighted by Crippen LogP contribution is 2.19. The standard InChI is InChI=1S/C15H19N3O/c1-11-4-3-7-18(10-11)15(19)17-14-8-13(9-16)6-5-12(14)2/h5-6,8,11H,3-4,7,10H2,1-2H3,(H,17,19). The zero-order valence-corrected chi connectivity index (χ0v) is 11.4. The Morgan fingerprint density at radius 2 is 2.32 bits per heavy atom. The maximum absolute atomic E-state index is 12.2. The number of nitrogens with zero attached hydrogens (tertiary/aromatic N) is 2. The molecule has 0 saturated carbocycles. The van der Waals surface area contributed by atoms with Crippen LogP contribution in [0.3, 0.4) is 0 Å². The van der Waals surface area contributed by atoms with E-state index in [0.29, 0.717) is 11.5 Å². The van der Waals surface area contributed by atoms with Gasteiger partial charge in [0.15, 0.2) is 0 Å². The van der Waals surface area contributed by atoms with Gasteiger partial charge in [-0.1, -0.05) is 13.0 Å². The fourth-order valence-corrected chi connectivity index (χ4v) is 2.39. The summed E-state index contributed by atoms with van der Waals surface area (Å²) in [6, 6.07) is 7.36. The largest absolute Gasteiger partial charge is 0.324 e. The Morgan fingerprint density at radius 3 is 3.00 bits per heavy atom. The van der Waals surface area contributed by atoms with Crippen LogP contribution in [0.25, 0.3) is 0 Å². The molecular formula is C15H19N3O. The minimum absolute atomic E-state index is 0.0651. The third-order valence-electron chi connectivity index (χ3n) is 3.55. The van der Waals surface area contributed by atoms with Crippen LogP contribution >= 0.6 is 0 Å². The van der Waals surface area contributed by atoms with Gasteiger partial charge in [-0.15, -0.1) is 0 Å². The number of hydrogen-bond donors (Lipinski definition) is 1. The van der Waals surface area contributed by atoms with Gasteiger partial charge in [0.2, 0.25) is 0 Å². The first kappa shape index (κ1) is 13.4. The number of nitrogens with one attached hydrogen (secondary N) is 1. The second-order valence-electron chi connectivity index (χ2n) is 5.27. The minimum atomic E-state index is -0.0651. The summed E-state index contributed by atoms with van der Waals surface area (Å²) in [5.74, 6) is 0.561. The Balaban J connectivity index is 2.08. The van der Waals surface area contributed by atoms with Crippen molar-refractivity contribution in [3.05, 3.63) is 29.3 Å². The third-order valence-corrected chi connectivity index (χ3v) is 3.55. The van der Waals surface area contributed by atoms with E-state index in [1.165, 1.54) is 6.42 Å². The summed E-state index contributed by atoms with van der Waals surface area (Å²) in [4.78, 5) is 14.1. The summed E-state index contributed by atoms with van der Waals surface area (Å²) < 4.78 is 0. The van der Waals surface area contributed by atoms with Crippen molar-refractivity contribution in [2.24, 2.45) is 5.92 Å². The second kappa shape index (κ2) is 5.75. The number of piperidine rings is 1. The molecule has 0 bridgehead atoms. The number of rotatable bonds is 1. The lowest BCUT2D eigenvalue weighted by molar-refractivity contribution is 0.182. The van der Waals surface area contributed by atoms with Gasteiger partial charge < -0.3 is 10.2 Å². The van der Waals surface area contributed by atoms with Crippen molar-refractivity contribution in [2.75, 3.05) is 18.4 Å². The summed E-state index contributed by atoms with van der Waals surface area (Å²) in [6.07, 6.45) is 2.25. The molecule has 0 radical (unpaired) electrons. The molecule has 1 aliphatic heterocycles. The Hall–Kier alpha value is -2.02. The van der Waals surface area contributed by atoms with E-state index in [0.717, 1.165) is 30.8 Å². The number of urea groups is 1. The van der Waals surface area contributed by atoms with Gasteiger partial charge >= 0.3 is 6.03 Å². The lowest BCUT2D eigenvalue weighted by atomic mass is 10.0. The predicted octanol–water partition coefficient (Wildman–Crippen LogP) is 3.13. The first-order chi connectivity index (χ1) is 9.10. The molecule has 1 aromatic rings. The number of hydrogen-bond acceptors (Lipinski definition) is 2. The van der Waals surface area contributed by atoms with Crippen LogP contribution in [0, 0.1) is 24.2 Å². The third kappa shape index (κ3) is 3.25. The lowest BCUT2D eigenvalue weighted by Gasteiger charge is -2.31. The molecule has 0 aliphatic carbocycles. The number of nitriles is 1. The first-order valence-electron chi connectivity index (χ1n) is 6.67. The summed E-state index contributed by atoms with van der Waals surface area (Å²) in [5.41, 5.74) is 2.26. The maximum Gasteiger partial charge on any atom is 0.321 e. The molecule has 1 N–H and O–H groups in total. The van der Waals surface area contributed by atoms with E-state index in [1.54, 1.807) is 12.1 Å². The van der Waals surface area contributed by atoms with Gasteiger partial charge in [-0.25, -0.2) is 4.79 Å². The number of anilines is 1. The van der Waals surface area contributed by atoms with Crippen LogP contribution in [0.15, 0.2) is 18.2 Å². The van der Waals surface area contributed by atoms with Crippen LogP contribution in [0.4, 0.5) is 10.5 Å². The molecule has 1 fully saturated rings. The zero-order valence-electron chi connectivity index (χ0n) is 11.4. The number of aryl methyl sites for hydroxylation is 1. The average Bonchev–Trinajstić information content (AvgIpc) is 2.41. The van der Waals surface area contributed by atoms with Crippen molar-refractivity contribution in [1.82, 2.24) is 4.90 Å². The molecule has 0 spiro atoms. The number of likely N-dealkylation sites (tertiary alicyclic amines) is 1. The van der Waals surface area contributed by atoms with E-state index in [2.05, 4.69) is 18.3 Å². The molecule has 4 nitrogen and oxygen atoms in total. The molecule has 1 heterocycles. The molecule has 1 atom stereocenters. The monoisotopic (exact) mass is 257 g/mol. The lowest BCUT2D eigenvalue weighted by Crippen LogP contribution is -2.41. The number of carbonyl (C=O) groups excluding carboxylic acids is 1. The van der Waals surface area contributed by atoms with E-state index in [4.69, 9.17) is 5.26 Å². The Morgan fingerprint density at radius 1 is 1.53 bits per heavy atom. The number of carbonyl (C=O) groups is 1. The summed E-state index contributed by atoms with van der Waals surface area (Å²) in [6.45, 7) is 5.71. The van der Waals surface area contributed by atoms with Gasteiger partial charge in [-0.05, 0) is 43.4 Å². The van der Waals surface area contributed by atoms with Gasteiger partial charge in [0, 0.05) is 18.8 Å². The molecular weight excluding hydrogens is 238 g/mol. The molecule has 2 amide bonds. The fourth-order valence-electron chi connectivity index (χ4n) is 2.39. The maximum atomic E-state index is 12.2. The van der Waals surface area contributed by atoms with Crippen molar-refractivity contribution in [3.8, 4) is 6.07 Å². The first-order valence-corrected chi connectivity index (χ1v) is 6.67. The summed E-state index contributed by atoms with van der Waals surface area (Å²) >= 11 is 0. The second-order valence-corrected chi connectivity index (χ2v) is 5.27. The summed E-state index contributed by atoms with van der Waals surface area (Å²) in [5, 5.41) is 11.8. The molecule has 100 valence electrons. The Labute approximate surface area is 114 Å². The average molecular weight is 257 g/mol. The highest BCUT2D eigenvalue weighted by molar-refractivity contribution is 5.90. The van der Waals surface area contributed by atoms with Crippen molar-refractivity contribution in [3.63, 3.8) is 0 Å². The number of benzene rings is 1. The van der Waals surface area contributed by atoms with Gasteiger partial charge in [0.1, 0.15) is 0 Å². The molecule has 2 rings (SSSR count). The highest BCUT2D eigenvalue weighted by Gasteiger charge is 2.21. The van der Waals surface area contributed by atoms with E-state index >= 15 is 0 Å². The Kier molecular flexibility index (Phi) is 4.06. The van der Waals surface area contributed by atoms with Crippen LogP contribution in [-0.4, -0.2) is 24.0 Å². The van der Waals surface area contributed by atoms with E-state index in [9.17, 15) is 4.79 Å². The molecule has 1 saturated heterocycles. The van der Waals surface area contributed by atoms with Crippen LogP contribution in [0.5, 0.6) is 0 Å². The topological polar surface area (TPSA) is 56.1 Å². The molecule has 0 aromatic heterocycles. The minimum Gasteiger partial charge on any atom is -0.324 e. The normalized spacial score (nSPS) is 18.8. The smallest absolute Gasteiger partial charge is 0.321 e. The molecule has 1 aromatic carbocycles. The van der Waals surface area contributed by atoms with Crippen LogP contribution in [0.2, 0.25) is 0 Å². The molecule has 1 unspecified atom stereocenters. The van der Waals surface area contributed by atoms with E-state index < -0.39 is 0 Å². The van der Waals surface area contributed by atoms with Crippen LogP contribution < -0.4 is 5.32 Å². The summed E-state index contributed by atoms with van der Waals surface area (Å²) in [7, 11) is 0. The molecule has 4 heteroatoms. The van der Waals surface area contributed by atoms with E-state index in [-0.39, 0.29) is 6.03 Å². The zero-order chi connectivity index (χ0) is 13.8. The highest BCUT2D eigenvalue weighted by atomic mass is 16.2. The van der Waals surface area contributed by atoms with Gasteiger partial charge in [-0.2, -0.15) is 5.26 Å². The predicted molar refractivity (Wildman–Crippen MR) is 74.9 cm³/mol. The van der Waals surface area contributed by atoms with Crippen LogP contribution in [-0.2, 0) is 0 Å². The van der Waals surface area contributed by atoms with Gasteiger partial charge in [0.05, 0.1) is 11.6 Å².